The first-order valence-electron chi connectivity index (χ1n) is 13.3. The van der Waals surface area contributed by atoms with Crippen molar-refractivity contribution >= 4 is 24.1 Å². The average molecular weight is 552 g/mol. The fraction of sp³-hybridized carbons (Fsp3) is 0.655. The first-order chi connectivity index (χ1) is 18.1. The van der Waals surface area contributed by atoms with Crippen molar-refractivity contribution in [3.05, 3.63) is 23.8 Å². The van der Waals surface area contributed by atoms with Crippen LogP contribution in [0.4, 0.5) is 4.79 Å². The number of nitrogens with two attached hydrogens (primary N) is 1. The lowest BCUT2D eigenvalue weighted by Crippen LogP contribution is -2.51. The molecule has 0 spiro atoms. The molecule has 0 aliphatic rings. The topological polar surface area (TPSA) is 140 Å². The van der Waals surface area contributed by atoms with E-state index in [0.717, 1.165) is 0 Å². The Bertz CT molecular complexity index is 989. The van der Waals surface area contributed by atoms with E-state index < -0.39 is 35.5 Å². The molecular weight excluding hydrogens is 506 g/mol. The Kier molecular flexibility index (Phi) is 13.4. The number of carbonyl (C=O) groups is 4. The van der Waals surface area contributed by atoms with Gasteiger partial charge >= 0.3 is 24.1 Å². The smallest absolute Gasteiger partial charge is 0.468 e. The summed E-state index contributed by atoms with van der Waals surface area (Å²) >= 11 is 0. The van der Waals surface area contributed by atoms with Crippen LogP contribution in [0.25, 0.3) is 0 Å². The molecule has 0 radical (unpaired) electrons. The predicted molar refractivity (Wildman–Crippen MR) is 145 cm³/mol. The van der Waals surface area contributed by atoms with E-state index in [0.29, 0.717) is 5.56 Å². The minimum absolute atomic E-state index is 0.0240. The minimum atomic E-state index is -1.57. The Morgan fingerprint density at radius 3 is 1.85 bits per heavy atom. The molecule has 1 rings (SSSR count). The van der Waals surface area contributed by atoms with Gasteiger partial charge in [-0.2, -0.15) is 0 Å². The molecule has 0 aliphatic carbocycles. The van der Waals surface area contributed by atoms with Crippen molar-refractivity contribution in [1.29, 1.82) is 0 Å². The van der Waals surface area contributed by atoms with Gasteiger partial charge in [0.2, 0.25) is 0 Å². The van der Waals surface area contributed by atoms with Crippen LogP contribution in [0.5, 0.6) is 11.5 Å². The van der Waals surface area contributed by atoms with Crippen LogP contribution in [0.3, 0.4) is 0 Å². The SMILES string of the molecule is COC(=O)[C@@](N)(CCOC(=O)OCC(C)C)Cc1ccc(OC(=O)C(C)C(C)C)c(OC(=O)C(C)C(C)C)c1. The van der Waals surface area contributed by atoms with E-state index in [9.17, 15) is 19.2 Å². The molecule has 1 aromatic carbocycles. The lowest BCUT2D eigenvalue weighted by molar-refractivity contribution is -0.148. The molecule has 3 atom stereocenters. The summed E-state index contributed by atoms with van der Waals surface area (Å²) in [4.78, 5) is 49.8. The fourth-order valence-electron chi connectivity index (χ4n) is 3.20. The van der Waals surface area contributed by atoms with Crippen LogP contribution in [0.1, 0.15) is 67.4 Å². The second kappa shape index (κ2) is 15.5. The minimum Gasteiger partial charge on any atom is -0.468 e. The van der Waals surface area contributed by atoms with Crippen LogP contribution in [0.15, 0.2) is 18.2 Å². The number of rotatable bonds is 14. The quantitative estimate of drug-likeness (QED) is 0.256. The summed E-state index contributed by atoms with van der Waals surface area (Å²) in [7, 11) is 1.21. The van der Waals surface area contributed by atoms with Gasteiger partial charge in [-0.05, 0) is 35.4 Å². The predicted octanol–water partition coefficient (Wildman–Crippen LogP) is 4.69. The van der Waals surface area contributed by atoms with Crippen LogP contribution in [-0.4, -0.2) is 49.9 Å². The highest BCUT2D eigenvalue weighted by Crippen LogP contribution is 2.32. The molecule has 220 valence electrons. The van der Waals surface area contributed by atoms with Crippen molar-refractivity contribution in [2.45, 2.75) is 73.8 Å². The van der Waals surface area contributed by atoms with Crippen molar-refractivity contribution in [2.75, 3.05) is 20.3 Å². The fourth-order valence-corrected chi connectivity index (χ4v) is 3.20. The standard InChI is InChI=1S/C29H45NO9/c1-17(2)16-37-28(34)36-13-12-29(30,27(33)35-9)15-22-10-11-23(38-25(31)20(7)18(3)4)24(14-22)39-26(32)21(8)19(5)6/h10-11,14,17-21H,12-13,15-16,30H2,1-9H3/t20?,21?,29-/m1/s1. The molecule has 0 aliphatic heterocycles. The first kappa shape index (κ1) is 33.9. The average Bonchev–Trinajstić information content (AvgIpc) is 2.86. The monoisotopic (exact) mass is 551 g/mol. The second-order valence-electron chi connectivity index (χ2n) is 11.1. The summed E-state index contributed by atoms with van der Waals surface area (Å²) in [5.41, 5.74) is 5.37. The molecule has 1 aromatic rings. The summed E-state index contributed by atoms with van der Waals surface area (Å²) in [5, 5.41) is 0. The Morgan fingerprint density at radius 2 is 1.36 bits per heavy atom. The number of hydrogen-bond donors (Lipinski definition) is 1. The number of methoxy groups -OCH3 is 1. The molecule has 2 unspecified atom stereocenters. The Morgan fingerprint density at radius 1 is 0.821 bits per heavy atom. The summed E-state index contributed by atoms with van der Waals surface area (Å²) < 4.78 is 26.2. The summed E-state index contributed by atoms with van der Waals surface area (Å²) in [6.07, 6.45) is -0.949. The van der Waals surface area contributed by atoms with Crippen LogP contribution in [-0.2, 0) is 35.0 Å². The molecule has 2 N–H and O–H groups in total. The highest BCUT2D eigenvalue weighted by molar-refractivity contribution is 5.81. The maximum absolute atomic E-state index is 12.8. The normalized spacial score (nSPS) is 14.4. The number of benzene rings is 1. The van der Waals surface area contributed by atoms with Gasteiger partial charge in [0.1, 0.15) is 5.54 Å². The molecule has 39 heavy (non-hydrogen) atoms. The van der Waals surface area contributed by atoms with Crippen molar-refractivity contribution in [3.8, 4) is 11.5 Å². The van der Waals surface area contributed by atoms with Gasteiger partial charge in [0.25, 0.3) is 0 Å². The summed E-state index contributed by atoms with van der Waals surface area (Å²) in [6, 6.07) is 4.63. The van der Waals surface area contributed by atoms with Crippen molar-refractivity contribution in [3.63, 3.8) is 0 Å². The summed E-state index contributed by atoms with van der Waals surface area (Å²) in [5.74, 6) is -2.13. The maximum Gasteiger partial charge on any atom is 0.508 e. The molecule has 0 amide bonds. The molecule has 0 heterocycles. The number of carbonyl (C=O) groups excluding carboxylic acids is 4. The van der Waals surface area contributed by atoms with E-state index in [2.05, 4.69) is 0 Å². The van der Waals surface area contributed by atoms with E-state index in [-0.39, 0.29) is 61.2 Å². The van der Waals surface area contributed by atoms with E-state index in [1.165, 1.54) is 19.2 Å². The van der Waals surface area contributed by atoms with Gasteiger partial charge in [-0.3, -0.25) is 14.4 Å². The zero-order valence-corrected chi connectivity index (χ0v) is 24.7. The number of hydrogen-bond acceptors (Lipinski definition) is 10. The van der Waals surface area contributed by atoms with Crippen molar-refractivity contribution < 1.29 is 42.9 Å². The highest BCUT2D eigenvalue weighted by Gasteiger charge is 2.36. The molecule has 10 heteroatoms. The molecule has 10 nitrogen and oxygen atoms in total. The Hall–Kier alpha value is -3.14. The van der Waals surface area contributed by atoms with Gasteiger partial charge in [-0.1, -0.05) is 61.5 Å². The van der Waals surface area contributed by atoms with Crippen molar-refractivity contribution in [1.82, 2.24) is 0 Å². The van der Waals surface area contributed by atoms with Crippen molar-refractivity contribution in [2.24, 2.45) is 35.3 Å². The lowest BCUT2D eigenvalue weighted by Gasteiger charge is -2.27. The van der Waals surface area contributed by atoms with E-state index in [1.54, 1.807) is 19.9 Å². The second-order valence-corrected chi connectivity index (χ2v) is 11.1. The third-order valence-corrected chi connectivity index (χ3v) is 6.59. The lowest BCUT2D eigenvalue weighted by atomic mass is 9.88. The number of ether oxygens (including phenoxy) is 5. The van der Waals surface area contributed by atoms with Gasteiger partial charge in [0.05, 0.1) is 32.2 Å². The van der Waals surface area contributed by atoms with Crippen LogP contribution >= 0.6 is 0 Å². The highest BCUT2D eigenvalue weighted by atomic mass is 16.7. The third kappa shape index (κ3) is 10.9. The van der Waals surface area contributed by atoms with Crippen LogP contribution in [0.2, 0.25) is 0 Å². The first-order valence-corrected chi connectivity index (χ1v) is 13.3. The molecule has 0 bridgehead atoms. The Balaban J connectivity index is 3.22. The molecule has 0 aromatic heterocycles. The maximum atomic E-state index is 12.8. The molecule has 0 fully saturated rings. The zero-order valence-electron chi connectivity index (χ0n) is 24.7. The van der Waals surface area contributed by atoms with E-state index in [1.807, 2.05) is 41.5 Å². The molecular formula is C29H45NO9. The van der Waals surface area contributed by atoms with E-state index in [4.69, 9.17) is 29.4 Å². The largest absolute Gasteiger partial charge is 0.508 e. The van der Waals surface area contributed by atoms with Crippen LogP contribution in [0, 0.1) is 29.6 Å². The molecule has 0 saturated carbocycles. The van der Waals surface area contributed by atoms with Gasteiger partial charge in [0, 0.05) is 12.8 Å². The van der Waals surface area contributed by atoms with Crippen LogP contribution < -0.4 is 15.2 Å². The zero-order chi connectivity index (χ0) is 29.9. The van der Waals surface area contributed by atoms with E-state index >= 15 is 0 Å². The molecule has 0 saturated heterocycles. The van der Waals surface area contributed by atoms with Gasteiger partial charge in [0.15, 0.2) is 11.5 Å². The van der Waals surface area contributed by atoms with Gasteiger partial charge in [-0.25, -0.2) is 4.79 Å². The third-order valence-electron chi connectivity index (χ3n) is 6.59. The van der Waals surface area contributed by atoms with Gasteiger partial charge in [-0.15, -0.1) is 0 Å². The van der Waals surface area contributed by atoms with Gasteiger partial charge < -0.3 is 29.4 Å². The number of esters is 3. The Labute approximate surface area is 231 Å². The summed E-state index contributed by atoms with van der Waals surface area (Å²) in [6.45, 7) is 14.9.